The summed E-state index contributed by atoms with van der Waals surface area (Å²) in [5.74, 6) is -0.345. The van der Waals surface area contributed by atoms with Crippen molar-refractivity contribution in [2.75, 3.05) is 13.6 Å². The number of aliphatic hydroxyl groups is 1. The molecule has 2 amide bonds. The standard InChI is InChI=1S/C23H29N3O3/c1-15(2)26(3)23(29)17-10-8-16(9-11-17)22(28)25-14-21(27)20-12-18-6-4-5-7-19(18)13-24-20/h4-11,15,20-21,24,27H,12-14H2,1-3H3,(H,25,28)/t20-,21+/m0/s1. The molecule has 2 aromatic carbocycles. The number of nitrogens with one attached hydrogen (secondary N) is 2. The second-order valence-corrected chi connectivity index (χ2v) is 7.82. The highest BCUT2D eigenvalue weighted by molar-refractivity contribution is 5.97. The zero-order chi connectivity index (χ0) is 21.0. The van der Waals surface area contributed by atoms with E-state index in [0.29, 0.717) is 17.7 Å². The van der Waals surface area contributed by atoms with Crippen LogP contribution in [0.5, 0.6) is 0 Å². The quantitative estimate of drug-likeness (QED) is 0.699. The second kappa shape index (κ2) is 9.20. The van der Waals surface area contributed by atoms with Crippen LogP contribution < -0.4 is 10.6 Å². The highest BCUT2D eigenvalue weighted by atomic mass is 16.3. The lowest BCUT2D eigenvalue weighted by molar-refractivity contribution is 0.0754. The Morgan fingerprint density at radius 2 is 1.72 bits per heavy atom. The molecule has 154 valence electrons. The van der Waals surface area contributed by atoms with Gasteiger partial charge in [0.2, 0.25) is 0 Å². The van der Waals surface area contributed by atoms with E-state index in [1.54, 1.807) is 36.2 Å². The summed E-state index contributed by atoms with van der Waals surface area (Å²) in [7, 11) is 1.76. The zero-order valence-electron chi connectivity index (χ0n) is 17.2. The molecule has 0 radical (unpaired) electrons. The molecule has 3 rings (SSSR count). The van der Waals surface area contributed by atoms with Gasteiger partial charge in [-0.3, -0.25) is 9.59 Å². The molecule has 0 aromatic heterocycles. The summed E-state index contributed by atoms with van der Waals surface area (Å²) in [4.78, 5) is 26.4. The molecule has 0 saturated carbocycles. The van der Waals surface area contributed by atoms with Crippen molar-refractivity contribution < 1.29 is 14.7 Å². The van der Waals surface area contributed by atoms with Crippen LogP contribution in [0, 0.1) is 0 Å². The van der Waals surface area contributed by atoms with Crippen LogP contribution in [0.2, 0.25) is 0 Å². The number of nitrogens with zero attached hydrogens (tertiary/aromatic N) is 1. The van der Waals surface area contributed by atoms with Crippen molar-refractivity contribution in [2.45, 2.75) is 45.0 Å². The van der Waals surface area contributed by atoms with Crippen LogP contribution in [-0.4, -0.2) is 53.6 Å². The van der Waals surface area contributed by atoms with E-state index in [0.717, 1.165) is 6.42 Å². The molecule has 0 unspecified atom stereocenters. The van der Waals surface area contributed by atoms with E-state index in [9.17, 15) is 14.7 Å². The van der Waals surface area contributed by atoms with Crippen molar-refractivity contribution in [3.63, 3.8) is 0 Å². The number of carbonyl (C=O) groups is 2. The van der Waals surface area contributed by atoms with Gasteiger partial charge in [-0.25, -0.2) is 0 Å². The first kappa shape index (κ1) is 21.0. The topological polar surface area (TPSA) is 81.7 Å². The molecule has 0 aliphatic carbocycles. The van der Waals surface area contributed by atoms with Gasteiger partial charge < -0.3 is 20.6 Å². The van der Waals surface area contributed by atoms with Crippen LogP contribution in [0.3, 0.4) is 0 Å². The maximum atomic E-state index is 12.4. The van der Waals surface area contributed by atoms with Crippen molar-refractivity contribution in [1.82, 2.24) is 15.5 Å². The molecule has 6 nitrogen and oxygen atoms in total. The minimum atomic E-state index is -0.687. The fourth-order valence-corrected chi connectivity index (χ4v) is 3.40. The Hall–Kier alpha value is -2.70. The number of fused-ring (bicyclic) bond motifs is 1. The Balaban J connectivity index is 1.53. The van der Waals surface area contributed by atoms with E-state index in [2.05, 4.69) is 22.8 Å². The number of hydrogen-bond donors (Lipinski definition) is 3. The average molecular weight is 396 g/mol. The first-order valence-electron chi connectivity index (χ1n) is 10.0. The summed E-state index contributed by atoms with van der Waals surface area (Å²) in [6.45, 7) is 4.77. The molecule has 29 heavy (non-hydrogen) atoms. The van der Waals surface area contributed by atoms with Crippen LogP contribution >= 0.6 is 0 Å². The molecular weight excluding hydrogens is 366 g/mol. The summed E-state index contributed by atoms with van der Waals surface area (Å²) in [5, 5.41) is 16.6. The Labute approximate surface area is 171 Å². The van der Waals surface area contributed by atoms with Crippen LogP contribution in [-0.2, 0) is 13.0 Å². The predicted octanol–water partition coefficient (Wildman–Crippen LogP) is 1.97. The van der Waals surface area contributed by atoms with Crippen molar-refractivity contribution in [3.05, 3.63) is 70.8 Å². The number of benzene rings is 2. The number of amides is 2. The molecule has 1 aliphatic heterocycles. The van der Waals surface area contributed by atoms with Crippen LogP contribution in [0.15, 0.2) is 48.5 Å². The van der Waals surface area contributed by atoms with Crippen molar-refractivity contribution in [2.24, 2.45) is 0 Å². The van der Waals surface area contributed by atoms with Gasteiger partial charge in [-0.05, 0) is 55.7 Å². The first-order chi connectivity index (χ1) is 13.9. The fourth-order valence-electron chi connectivity index (χ4n) is 3.40. The molecule has 0 saturated heterocycles. The highest BCUT2D eigenvalue weighted by Gasteiger charge is 2.24. The molecule has 6 heteroatoms. The lowest BCUT2D eigenvalue weighted by Gasteiger charge is -2.30. The van der Waals surface area contributed by atoms with Gasteiger partial charge in [0.1, 0.15) is 0 Å². The minimum Gasteiger partial charge on any atom is -0.390 e. The third kappa shape index (κ3) is 5.02. The minimum absolute atomic E-state index is 0.0777. The normalized spacial score (nSPS) is 16.8. The lowest BCUT2D eigenvalue weighted by Crippen LogP contribution is -2.49. The third-order valence-corrected chi connectivity index (χ3v) is 5.54. The molecule has 2 atom stereocenters. The van der Waals surface area contributed by atoms with E-state index < -0.39 is 6.10 Å². The lowest BCUT2D eigenvalue weighted by atomic mass is 9.93. The van der Waals surface area contributed by atoms with Gasteiger partial charge in [0.25, 0.3) is 11.8 Å². The molecule has 1 aliphatic rings. The predicted molar refractivity (Wildman–Crippen MR) is 113 cm³/mol. The number of carbonyl (C=O) groups excluding carboxylic acids is 2. The molecule has 1 heterocycles. The highest BCUT2D eigenvalue weighted by Crippen LogP contribution is 2.18. The van der Waals surface area contributed by atoms with E-state index in [1.807, 2.05) is 26.0 Å². The van der Waals surface area contributed by atoms with E-state index in [4.69, 9.17) is 0 Å². The largest absolute Gasteiger partial charge is 0.390 e. The number of aliphatic hydroxyl groups excluding tert-OH is 1. The fraction of sp³-hybridized carbons (Fsp3) is 0.391. The molecule has 0 spiro atoms. The summed E-state index contributed by atoms with van der Waals surface area (Å²) >= 11 is 0. The SMILES string of the molecule is CC(C)N(C)C(=O)c1ccc(C(=O)NC[C@@H](O)[C@@H]2Cc3ccccc3CN2)cc1. The summed E-state index contributed by atoms with van der Waals surface area (Å²) < 4.78 is 0. The second-order valence-electron chi connectivity index (χ2n) is 7.82. The van der Waals surface area contributed by atoms with Crippen molar-refractivity contribution >= 4 is 11.8 Å². The van der Waals surface area contributed by atoms with E-state index in [-0.39, 0.29) is 30.4 Å². The molecule has 0 bridgehead atoms. The first-order valence-corrected chi connectivity index (χ1v) is 10.0. The number of hydrogen-bond acceptors (Lipinski definition) is 4. The van der Waals surface area contributed by atoms with Crippen LogP contribution in [0.25, 0.3) is 0 Å². The Bertz CT molecular complexity index is 864. The van der Waals surface area contributed by atoms with Crippen molar-refractivity contribution in [3.8, 4) is 0 Å². The monoisotopic (exact) mass is 395 g/mol. The van der Waals surface area contributed by atoms with Crippen LogP contribution in [0.1, 0.15) is 45.7 Å². The Morgan fingerprint density at radius 3 is 2.38 bits per heavy atom. The van der Waals surface area contributed by atoms with Gasteiger partial charge in [0, 0.05) is 43.3 Å². The molecule has 2 aromatic rings. The summed E-state index contributed by atoms with van der Waals surface area (Å²) in [6.07, 6.45) is 0.0424. The van der Waals surface area contributed by atoms with Gasteiger partial charge in [-0.15, -0.1) is 0 Å². The zero-order valence-corrected chi connectivity index (χ0v) is 17.2. The summed E-state index contributed by atoms with van der Waals surface area (Å²) in [5.41, 5.74) is 3.48. The number of rotatable bonds is 6. The summed E-state index contributed by atoms with van der Waals surface area (Å²) in [6, 6.07) is 14.8. The van der Waals surface area contributed by atoms with Gasteiger partial charge in [-0.1, -0.05) is 24.3 Å². The smallest absolute Gasteiger partial charge is 0.253 e. The maximum Gasteiger partial charge on any atom is 0.253 e. The van der Waals surface area contributed by atoms with Gasteiger partial charge in [-0.2, -0.15) is 0 Å². The average Bonchev–Trinajstić information content (AvgIpc) is 2.75. The Morgan fingerprint density at radius 1 is 1.10 bits per heavy atom. The third-order valence-electron chi connectivity index (χ3n) is 5.54. The maximum absolute atomic E-state index is 12.4. The van der Waals surface area contributed by atoms with Crippen molar-refractivity contribution in [1.29, 1.82) is 0 Å². The van der Waals surface area contributed by atoms with Gasteiger partial charge in [0.15, 0.2) is 0 Å². The van der Waals surface area contributed by atoms with Crippen LogP contribution in [0.4, 0.5) is 0 Å². The van der Waals surface area contributed by atoms with E-state index >= 15 is 0 Å². The van der Waals surface area contributed by atoms with Gasteiger partial charge >= 0.3 is 0 Å². The molecular formula is C23H29N3O3. The Kier molecular flexibility index (Phi) is 6.67. The molecule has 3 N–H and O–H groups in total. The van der Waals surface area contributed by atoms with Gasteiger partial charge in [0.05, 0.1) is 6.10 Å². The van der Waals surface area contributed by atoms with E-state index in [1.165, 1.54) is 11.1 Å². The molecule has 0 fully saturated rings.